The zero-order chi connectivity index (χ0) is 38.0. The molecular weight excluding hydrogens is 697 g/mol. The Hall–Kier alpha value is -3.68. The molecule has 3 heterocycles. The van der Waals surface area contributed by atoms with E-state index < -0.39 is 11.9 Å². The number of allylic oxidation sites excluding steroid dienone is 2. The summed E-state index contributed by atoms with van der Waals surface area (Å²) in [5.74, 6) is 1.52. The van der Waals surface area contributed by atoms with Gasteiger partial charge in [0.25, 0.3) is 0 Å². The fraction of sp³-hybridized carbons (Fsp3) is 0.564. The molecule has 3 amide bonds. The first-order chi connectivity index (χ1) is 24.8. The molecule has 1 saturated heterocycles. The summed E-state index contributed by atoms with van der Waals surface area (Å²) in [5.41, 5.74) is 13.8. The van der Waals surface area contributed by atoms with Gasteiger partial charge in [0.1, 0.15) is 16.8 Å². The molecule has 6 rings (SSSR count). The molecular formula is C39H56N6O5S2. The summed E-state index contributed by atoms with van der Waals surface area (Å²) in [5, 5.41) is 3.55. The fourth-order valence-corrected chi connectivity index (χ4v) is 7.72. The van der Waals surface area contributed by atoms with E-state index in [9.17, 15) is 19.2 Å². The smallest absolute Gasteiger partial charge is 0.240 e. The Kier molecular flexibility index (Phi) is 14.9. The molecule has 0 bridgehead atoms. The molecule has 284 valence electrons. The van der Waals surface area contributed by atoms with Crippen molar-refractivity contribution in [2.45, 2.75) is 109 Å². The number of thiazole rings is 1. The van der Waals surface area contributed by atoms with Crippen molar-refractivity contribution in [3.63, 3.8) is 0 Å². The molecule has 2 unspecified atom stereocenters. The minimum Gasteiger partial charge on any atom is -0.496 e. The van der Waals surface area contributed by atoms with Crippen molar-refractivity contribution in [2.24, 2.45) is 23.3 Å². The lowest BCUT2D eigenvalue weighted by Gasteiger charge is -2.20. The van der Waals surface area contributed by atoms with E-state index in [2.05, 4.69) is 54.5 Å². The van der Waals surface area contributed by atoms with Crippen LogP contribution in [0.3, 0.4) is 0 Å². The number of likely N-dealkylation sites (tertiary alicyclic amines) is 1. The fourth-order valence-electron chi connectivity index (χ4n) is 5.97. The number of rotatable bonds is 13. The maximum atomic E-state index is 12.4. The Balaban J connectivity index is 0.000000182. The van der Waals surface area contributed by atoms with Crippen LogP contribution in [-0.4, -0.2) is 63.6 Å². The van der Waals surface area contributed by atoms with Crippen LogP contribution in [0.5, 0.6) is 5.75 Å². The lowest BCUT2D eigenvalue weighted by Crippen LogP contribution is -2.45. The predicted molar refractivity (Wildman–Crippen MR) is 212 cm³/mol. The number of carbonyl (C=O) groups excluding carboxylic acids is 3. The van der Waals surface area contributed by atoms with Crippen molar-refractivity contribution < 1.29 is 19.1 Å². The van der Waals surface area contributed by atoms with E-state index in [1.165, 1.54) is 43.4 Å². The third-order valence-electron chi connectivity index (χ3n) is 9.74. The number of H-pyrrole nitrogens is 1. The lowest BCUT2D eigenvalue weighted by atomic mass is 10.1. The van der Waals surface area contributed by atoms with Gasteiger partial charge in [-0.25, -0.2) is 4.98 Å². The molecule has 11 nitrogen and oxygen atoms in total. The number of fused-ring (bicyclic) bond motifs is 1. The van der Waals surface area contributed by atoms with Crippen molar-refractivity contribution in [3.8, 4) is 16.5 Å². The highest BCUT2D eigenvalue weighted by Crippen LogP contribution is 2.47. The Morgan fingerprint density at radius 2 is 2.00 bits per heavy atom. The molecule has 2 saturated carbocycles. The third-order valence-corrected chi connectivity index (χ3v) is 11.8. The number of amides is 3. The van der Waals surface area contributed by atoms with E-state index in [-0.39, 0.29) is 29.7 Å². The average Bonchev–Trinajstić information content (AvgIpc) is 3.91. The third kappa shape index (κ3) is 11.2. The normalized spacial score (nSPS) is 19.8. The van der Waals surface area contributed by atoms with Gasteiger partial charge in [0.15, 0.2) is 5.43 Å². The van der Waals surface area contributed by atoms with Gasteiger partial charge in [-0.3, -0.25) is 23.9 Å². The van der Waals surface area contributed by atoms with Crippen LogP contribution >= 0.6 is 23.3 Å². The maximum absolute atomic E-state index is 12.4. The molecule has 1 aliphatic heterocycles. The van der Waals surface area contributed by atoms with Gasteiger partial charge in [-0.05, 0) is 94.7 Å². The number of carbonyl (C=O) groups is 3. The van der Waals surface area contributed by atoms with E-state index in [0.717, 1.165) is 46.1 Å². The predicted octanol–water partition coefficient (Wildman–Crippen LogP) is 6.59. The molecule has 2 aromatic heterocycles. The first-order valence-corrected chi connectivity index (χ1v) is 20.1. The van der Waals surface area contributed by atoms with Crippen molar-refractivity contribution in [3.05, 3.63) is 57.2 Å². The number of aromatic nitrogens is 2. The number of pyridine rings is 1. The van der Waals surface area contributed by atoms with E-state index in [4.69, 9.17) is 16.2 Å². The van der Waals surface area contributed by atoms with Gasteiger partial charge >= 0.3 is 0 Å². The summed E-state index contributed by atoms with van der Waals surface area (Å²) >= 11 is 3.19. The Morgan fingerprint density at radius 1 is 1.25 bits per heavy atom. The van der Waals surface area contributed by atoms with Gasteiger partial charge in [0, 0.05) is 39.6 Å². The van der Waals surface area contributed by atoms with Crippen LogP contribution < -0.4 is 26.4 Å². The van der Waals surface area contributed by atoms with E-state index in [1.807, 2.05) is 18.4 Å². The van der Waals surface area contributed by atoms with Crippen LogP contribution in [0.4, 0.5) is 0 Å². The summed E-state index contributed by atoms with van der Waals surface area (Å²) in [4.78, 5) is 55.6. The van der Waals surface area contributed by atoms with Crippen LogP contribution in [0.2, 0.25) is 0 Å². The molecule has 1 aromatic carbocycles. The van der Waals surface area contributed by atoms with Gasteiger partial charge in [-0.1, -0.05) is 45.8 Å². The Morgan fingerprint density at radius 3 is 2.62 bits per heavy atom. The highest BCUT2D eigenvalue weighted by molar-refractivity contribution is 7.99. The number of unbranched alkanes of at least 4 members (excludes halogenated alkanes) is 3. The SMILES string of the molecule is CCCCC/C=C\C1C[C@@H]1C(=O)NSC1(C)CC1.COc1ccc2c(=O)cc(-c3nc(C(C)C)cs3)[nH]c2c1C.NCC(=O)N1CCCC1C(N)=O. The Labute approximate surface area is 315 Å². The first-order valence-electron chi connectivity index (χ1n) is 18.4. The number of aryl methyl sites for hydroxylation is 1. The van der Waals surface area contributed by atoms with E-state index >= 15 is 0 Å². The van der Waals surface area contributed by atoms with Gasteiger partial charge in [-0.15, -0.1) is 11.3 Å². The monoisotopic (exact) mass is 752 g/mol. The second-order valence-electron chi connectivity index (χ2n) is 14.4. The average molecular weight is 753 g/mol. The lowest BCUT2D eigenvalue weighted by molar-refractivity contribution is -0.136. The topological polar surface area (TPSA) is 174 Å². The van der Waals surface area contributed by atoms with Crippen molar-refractivity contribution in [2.75, 3.05) is 20.2 Å². The molecule has 3 atom stereocenters. The summed E-state index contributed by atoms with van der Waals surface area (Å²) < 4.78 is 8.71. The molecule has 0 radical (unpaired) electrons. The number of aromatic amines is 1. The number of methoxy groups -OCH3 is 1. The number of nitrogens with two attached hydrogens (primary N) is 2. The van der Waals surface area contributed by atoms with Gasteiger partial charge in [0.2, 0.25) is 17.7 Å². The van der Waals surface area contributed by atoms with E-state index in [0.29, 0.717) is 34.9 Å². The number of nitrogens with one attached hydrogen (secondary N) is 2. The number of ether oxygens (including phenoxy) is 1. The largest absolute Gasteiger partial charge is 0.496 e. The molecule has 3 aromatic rings. The van der Waals surface area contributed by atoms with Crippen LogP contribution in [0.15, 0.2) is 40.5 Å². The summed E-state index contributed by atoms with van der Waals surface area (Å²) in [6, 6.07) is 4.82. The number of hydrogen-bond donors (Lipinski definition) is 4. The minimum atomic E-state index is -0.436. The van der Waals surface area contributed by atoms with Gasteiger partial charge < -0.3 is 26.1 Å². The number of benzene rings is 1. The van der Waals surface area contributed by atoms with Crippen LogP contribution in [-0.2, 0) is 14.4 Å². The van der Waals surface area contributed by atoms with Gasteiger partial charge in [-0.2, -0.15) is 0 Å². The number of hydrogen-bond acceptors (Lipinski definition) is 9. The van der Waals surface area contributed by atoms with Crippen LogP contribution in [0, 0.1) is 18.8 Å². The minimum absolute atomic E-state index is 0.00389. The molecule has 6 N–H and O–H groups in total. The van der Waals surface area contributed by atoms with E-state index in [1.54, 1.807) is 42.5 Å². The van der Waals surface area contributed by atoms with Gasteiger partial charge in [0.05, 0.1) is 30.6 Å². The van der Waals surface area contributed by atoms with Crippen molar-refractivity contribution in [1.29, 1.82) is 0 Å². The summed E-state index contributed by atoms with van der Waals surface area (Å²) in [6.07, 6.45) is 14.6. The van der Waals surface area contributed by atoms with Crippen LogP contribution in [0.1, 0.15) is 103 Å². The Bertz CT molecular complexity index is 1780. The number of primary amides is 1. The zero-order valence-corrected chi connectivity index (χ0v) is 33.1. The molecule has 3 aliphatic rings. The maximum Gasteiger partial charge on any atom is 0.240 e. The quantitative estimate of drug-likeness (QED) is 0.0860. The molecule has 3 fully saturated rings. The highest BCUT2D eigenvalue weighted by atomic mass is 32.2. The summed E-state index contributed by atoms with van der Waals surface area (Å²) in [7, 11) is 1.63. The first kappa shape index (κ1) is 41.1. The zero-order valence-electron chi connectivity index (χ0n) is 31.5. The second-order valence-corrected chi connectivity index (χ2v) is 16.6. The highest BCUT2D eigenvalue weighted by Gasteiger charge is 2.44. The van der Waals surface area contributed by atoms with Crippen molar-refractivity contribution >= 4 is 51.9 Å². The molecule has 52 heavy (non-hydrogen) atoms. The standard InChI is InChI=1S/C17H18N2O2S.C15H25NOS.C7H13N3O2/c1-9(2)13-8-22-17(19-13)12-7-14(20)11-5-6-15(21-4)10(3)16(11)18-12;1-3-4-5-6-7-8-12-11-13(12)14(17)16-18-15(2)9-10-15;8-4-6(11)10-3-1-2-5(10)7(9)12/h5-9H,1-4H3,(H,18,20);7-8,12-13H,3-6,9-11H2,1-2H3,(H,16,17);5H,1-4,8H2,(H2,9,12)/b;8-7-;/t;12?,13-;/m.0./s1. The molecule has 2 aliphatic carbocycles. The second kappa shape index (κ2) is 18.9. The number of nitrogens with zero attached hydrogens (tertiary/aromatic N) is 2. The van der Waals surface area contributed by atoms with Crippen LogP contribution in [0.25, 0.3) is 21.6 Å². The van der Waals surface area contributed by atoms with Crippen molar-refractivity contribution in [1.82, 2.24) is 19.6 Å². The summed E-state index contributed by atoms with van der Waals surface area (Å²) in [6.45, 7) is 11.2. The molecule has 13 heteroatoms. The molecule has 0 spiro atoms.